The van der Waals surface area contributed by atoms with Gasteiger partial charge in [-0.05, 0) is 48.2 Å². The van der Waals surface area contributed by atoms with Gasteiger partial charge in [0.2, 0.25) is 0 Å². The number of aryl methyl sites for hydroxylation is 2. The fourth-order valence-corrected chi connectivity index (χ4v) is 3.83. The lowest BCUT2D eigenvalue weighted by Gasteiger charge is -2.08. The highest BCUT2D eigenvalue weighted by Gasteiger charge is 2.13. The lowest BCUT2D eigenvalue weighted by molar-refractivity contribution is 0.197. The highest BCUT2D eigenvalue weighted by molar-refractivity contribution is 6.14. The molecule has 1 N–H and O–H groups in total. The Labute approximate surface area is 158 Å². The van der Waals surface area contributed by atoms with Gasteiger partial charge in [-0.3, -0.25) is 4.98 Å². The number of benzene rings is 2. The molecule has 4 aromatic rings. The minimum absolute atomic E-state index is 0.631. The first-order chi connectivity index (χ1) is 13.2. The highest BCUT2D eigenvalue weighted by Crippen LogP contribution is 2.36. The Bertz CT molecular complexity index is 1100. The first-order valence-corrected chi connectivity index (χ1v) is 9.28. The van der Waals surface area contributed by atoms with Crippen LogP contribution in [0, 0.1) is 6.92 Å². The van der Waals surface area contributed by atoms with Gasteiger partial charge in [0.25, 0.3) is 0 Å². The summed E-state index contributed by atoms with van der Waals surface area (Å²) in [6, 6.07) is 10.7. The smallest absolute Gasteiger partial charge is 0.120 e. The summed E-state index contributed by atoms with van der Waals surface area (Å²) in [5.74, 6) is 0.896. The molecule has 2 aromatic carbocycles. The number of hydrogen-bond acceptors (Lipinski definition) is 4. The molecule has 0 saturated heterocycles. The van der Waals surface area contributed by atoms with Gasteiger partial charge in [-0.2, -0.15) is 0 Å². The number of methoxy groups -OCH3 is 1. The van der Waals surface area contributed by atoms with Crippen LogP contribution in [0.5, 0.6) is 5.75 Å². The molecule has 0 aliphatic rings. The van der Waals surface area contributed by atoms with Crippen LogP contribution in [-0.2, 0) is 11.8 Å². The van der Waals surface area contributed by atoms with E-state index in [9.17, 15) is 0 Å². The van der Waals surface area contributed by atoms with E-state index in [0.717, 1.165) is 18.8 Å². The molecular formula is C22H25N3O2. The minimum Gasteiger partial charge on any atom is -0.492 e. The van der Waals surface area contributed by atoms with Crippen molar-refractivity contribution in [2.24, 2.45) is 7.05 Å². The Morgan fingerprint density at radius 1 is 1.04 bits per heavy atom. The van der Waals surface area contributed by atoms with Crippen molar-refractivity contribution < 1.29 is 9.47 Å². The van der Waals surface area contributed by atoms with Crippen LogP contribution in [0.15, 0.2) is 42.7 Å². The van der Waals surface area contributed by atoms with Gasteiger partial charge in [-0.15, -0.1) is 0 Å². The zero-order chi connectivity index (χ0) is 18.8. The number of aromatic nitrogens is 2. The zero-order valence-corrected chi connectivity index (χ0v) is 16.1. The SMILES string of the molecule is COCCNCCOc1ccc2c(c1)c1cc3cnccc3c(C)c1n2C. The normalized spacial score (nSPS) is 11.7. The lowest BCUT2D eigenvalue weighted by atomic mass is 10.0. The van der Waals surface area contributed by atoms with Crippen molar-refractivity contribution in [2.45, 2.75) is 6.92 Å². The number of nitrogens with zero attached hydrogens (tertiary/aromatic N) is 2. The predicted molar refractivity (Wildman–Crippen MR) is 111 cm³/mol. The molecule has 0 atom stereocenters. The van der Waals surface area contributed by atoms with E-state index in [1.54, 1.807) is 7.11 Å². The largest absolute Gasteiger partial charge is 0.492 e. The first kappa shape index (κ1) is 17.8. The standard InChI is InChI=1S/C22H25N3O2/c1-15-18-6-7-24-14-16(18)12-20-19-13-17(27-11-9-23-8-10-26-3)4-5-21(19)25(2)22(15)20/h4-7,12-14,23H,8-11H2,1-3H3. The fourth-order valence-electron chi connectivity index (χ4n) is 3.83. The van der Waals surface area contributed by atoms with E-state index >= 15 is 0 Å². The summed E-state index contributed by atoms with van der Waals surface area (Å²) in [6.45, 7) is 5.16. The first-order valence-electron chi connectivity index (χ1n) is 9.28. The summed E-state index contributed by atoms with van der Waals surface area (Å²) >= 11 is 0. The van der Waals surface area contributed by atoms with Crippen molar-refractivity contribution in [1.82, 2.24) is 14.9 Å². The maximum Gasteiger partial charge on any atom is 0.120 e. The molecule has 0 aliphatic heterocycles. The second-order valence-corrected chi connectivity index (χ2v) is 6.82. The zero-order valence-electron chi connectivity index (χ0n) is 16.1. The van der Waals surface area contributed by atoms with Crippen molar-refractivity contribution in [3.63, 3.8) is 0 Å². The van der Waals surface area contributed by atoms with Crippen LogP contribution >= 0.6 is 0 Å². The maximum atomic E-state index is 5.95. The fraction of sp³-hybridized carbons (Fsp3) is 0.318. The van der Waals surface area contributed by atoms with Gasteiger partial charge in [-0.25, -0.2) is 0 Å². The summed E-state index contributed by atoms with van der Waals surface area (Å²) in [5.41, 5.74) is 3.76. The predicted octanol–water partition coefficient (Wildman–Crippen LogP) is 3.80. The van der Waals surface area contributed by atoms with E-state index in [2.05, 4.69) is 53.1 Å². The molecule has 0 spiro atoms. The van der Waals surface area contributed by atoms with Gasteiger partial charge in [-0.1, -0.05) is 0 Å². The van der Waals surface area contributed by atoms with Gasteiger partial charge in [0.1, 0.15) is 12.4 Å². The molecule has 0 fully saturated rings. The van der Waals surface area contributed by atoms with Crippen LogP contribution in [0.25, 0.3) is 32.6 Å². The summed E-state index contributed by atoms with van der Waals surface area (Å²) in [4.78, 5) is 4.29. The van der Waals surface area contributed by atoms with Crippen molar-refractivity contribution in [1.29, 1.82) is 0 Å². The molecule has 0 unspecified atom stereocenters. The molecule has 2 heterocycles. The van der Waals surface area contributed by atoms with Crippen LogP contribution in [0.1, 0.15) is 5.56 Å². The third-order valence-corrected chi connectivity index (χ3v) is 5.15. The maximum absolute atomic E-state index is 5.95. The molecule has 2 aromatic heterocycles. The summed E-state index contributed by atoms with van der Waals surface area (Å²) < 4.78 is 13.2. The third kappa shape index (κ3) is 3.24. The molecule has 0 bridgehead atoms. The highest BCUT2D eigenvalue weighted by atomic mass is 16.5. The average Bonchev–Trinajstić information content (AvgIpc) is 2.97. The average molecular weight is 363 g/mol. The Morgan fingerprint density at radius 2 is 1.89 bits per heavy atom. The van der Waals surface area contributed by atoms with Gasteiger partial charge in [0, 0.05) is 61.3 Å². The monoisotopic (exact) mass is 363 g/mol. The third-order valence-electron chi connectivity index (χ3n) is 5.15. The number of pyridine rings is 1. The summed E-state index contributed by atoms with van der Waals surface area (Å²) in [7, 11) is 3.84. The van der Waals surface area contributed by atoms with Crippen molar-refractivity contribution >= 4 is 32.6 Å². The topological polar surface area (TPSA) is 48.3 Å². The number of hydrogen-bond donors (Lipinski definition) is 1. The number of ether oxygens (including phenoxy) is 2. The Hall–Kier alpha value is -2.63. The Morgan fingerprint density at radius 3 is 2.74 bits per heavy atom. The Balaban J connectivity index is 1.69. The van der Waals surface area contributed by atoms with Gasteiger partial charge < -0.3 is 19.4 Å². The molecule has 0 aliphatic carbocycles. The van der Waals surface area contributed by atoms with Gasteiger partial charge in [0.05, 0.1) is 12.1 Å². The molecule has 140 valence electrons. The van der Waals surface area contributed by atoms with E-state index in [0.29, 0.717) is 13.2 Å². The van der Waals surface area contributed by atoms with Gasteiger partial charge in [0.15, 0.2) is 0 Å². The molecule has 4 rings (SSSR count). The van der Waals surface area contributed by atoms with Crippen LogP contribution in [0.2, 0.25) is 0 Å². The van der Waals surface area contributed by atoms with E-state index < -0.39 is 0 Å². The van der Waals surface area contributed by atoms with E-state index in [1.807, 2.05) is 18.5 Å². The van der Waals surface area contributed by atoms with Crippen LogP contribution < -0.4 is 10.1 Å². The van der Waals surface area contributed by atoms with E-state index in [1.165, 1.54) is 38.1 Å². The molecule has 5 nitrogen and oxygen atoms in total. The molecule has 0 saturated carbocycles. The lowest BCUT2D eigenvalue weighted by Crippen LogP contribution is -2.24. The minimum atomic E-state index is 0.631. The van der Waals surface area contributed by atoms with Crippen molar-refractivity contribution in [3.8, 4) is 5.75 Å². The summed E-state index contributed by atoms with van der Waals surface area (Å²) in [5, 5.41) is 8.17. The van der Waals surface area contributed by atoms with E-state index in [-0.39, 0.29) is 0 Å². The molecule has 0 radical (unpaired) electrons. The molecular weight excluding hydrogens is 338 g/mol. The van der Waals surface area contributed by atoms with E-state index in [4.69, 9.17) is 9.47 Å². The second-order valence-electron chi connectivity index (χ2n) is 6.82. The second kappa shape index (κ2) is 7.55. The molecule has 5 heteroatoms. The number of fused-ring (bicyclic) bond motifs is 4. The number of rotatable bonds is 7. The number of nitrogens with one attached hydrogen (secondary N) is 1. The Kier molecular flexibility index (Phi) is 4.97. The molecule has 0 amide bonds. The quantitative estimate of drug-likeness (QED) is 0.507. The van der Waals surface area contributed by atoms with Crippen LogP contribution in [-0.4, -0.2) is 43.0 Å². The van der Waals surface area contributed by atoms with Crippen molar-refractivity contribution in [3.05, 3.63) is 48.3 Å². The van der Waals surface area contributed by atoms with Crippen LogP contribution in [0.3, 0.4) is 0 Å². The van der Waals surface area contributed by atoms with Gasteiger partial charge >= 0.3 is 0 Å². The van der Waals surface area contributed by atoms with Crippen molar-refractivity contribution in [2.75, 3.05) is 33.4 Å². The summed E-state index contributed by atoms with van der Waals surface area (Å²) in [6.07, 6.45) is 3.79. The molecule has 27 heavy (non-hydrogen) atoms. The van der Waals surface area contributed by atoms with Crippen LogP contribution in [0.4, 0.5) is 0 Å².